The van der Waals surface area contributed by atoms with E-state index in [0.717, 1.165) is 0 Å². The molecule has 35 atom stereocenters. The SMILES string of the molecule is CCC(C(=O)O)C1CCCC(C(N)C(O)C(C)C(=O)C(CC)C2OC3(C=CC(OC(=O)OCCC(CC4OC(C5CCC6(O5)OC5(C=CC6OC(=O)N(C)C)OC(C(CC)C(=O)C(C)C(O)C(N)C6CCCC(C(CC)C(=O)O)O6)C(C)CC5C)CCC4(O)CC)OC)C4(CCC(C5CCC(O)(CC)C(C)O5)O4)O3)C(C)CC2C)O1. The van der Waals surface area contributed by atoms with Crippen LogP contribution in [0.5, 0.6) is 0 Å². The lowest BCUT2D eigenvalue weighted by Crippen LogP contribution is -2.63. The van der Waals surface area contributed by atoms with E-state index in [4.69, 9.17) is 77.8 Å². The van der Waals surface area contributed by atoms with Crippen LogP contribution in [0.15, 0.2) is 24.3 Å². The fourth-order valence-electron chi connectivity index (χ4n) is 20.8. The number of hydrogen-bond acceptors (Lipinski definition) is 26. The molecule has 10 rings (SSSR count). The van der Waals surface area contributed by atoms with Crippen molar-refractivity contribution in [1.29, 1.82) is 0 Å². The van der Waals surface area contributed by atoms with Gasteiger partial charge in [0.05, 0.1) is 133 Å². The number of Topliss-reactive ketones (excluding diaryl/α,β-unsaturated/α-hetero) is 2. The number of amides is 1. The van der Waals surface area contributed by atoms with Crippen molar-refractivity contribution < 1.29 is 126 Å². The van der Waals surface area contributed by atoms with E-state index in [9.17, 15) is 59.4 Å². The Morgan fingerprint density at radius 1 is 0.539 bits per heavy atom. The monoisotopic (exact) mass is 1630 g/mol. The van der Waals surface area contributed by atoms with Gasteiger partial charge in [-0.3, -0.25) is 19.2 Å². The molecule has 29 nitrogen and oxygen atoms in total. The molecule has 10 N–H and O–H groups in total. The number of methoxy groups -OCH3 is 1. The van der Waals surface area contributed by atoms with E-state index in [-0.39, 0.29) is 67.5 Å². The fourth-order valence-corrected chi connectivity index (χ4v) is 20.8. The van der Waals surface area contributed by atoms with Crippen molar-refractivity contribution in [3.63, 3.8) is 0 Å². The number of ether oxygens (including phenoxy) is 14. The summed E-state index contributed by atoms with van der Waals surface area (Å²) in [5.41, 5.74) is 11.2. The Labute approximate surface area is 680 Å². The number of nitrogens with zero attached hydrogens (tertiary/aromatic N) is 1. The van der Waals surface area contributed by atoms with Crippen LogP contribution in [0.3, 0.4) is 0 Å². The first-order chi connectivity index (χ1) is 54.4. The first kappa shape index (κ1) is 92.9. The topological polar surface area (TPSA) is 408 Å². The molecule has 8 fully saturated rings. The Bertz CT molecular complexity index is 3330. The average molecular weight is 1630 g/mol. The number of carboxylic acid groups (broad SMARTS) is 2. The number of rotatable bonds is 32. The summed E-state index contributed by atoms with van der Waals surface area (Å²) in [6.45, 7) is 24.3. The summed E-state index contributed by atoms with van der Waals surface area (Å²) in [4.78, 5) is 83.2. The van der Waals surface area contributed by atoms with Crippen LogP contribution in [0.4, 0.5) is 9.59 Å². The lowest BCUT2D eigenvalue weighted by atomic mass is 9.73. The van der Waals surface area contributed by atoms with Crippen LogP contribution < -0.4 is 11.5 Å². The molecule has 0 aliphatic carbocycles. The maximum absolute atomic E-state index is 14.9. The molecule has 0 bridgehead atoms. The molecule has 0 aromatic heterocycles. The number of ketones is 2. The van der Waals surface area contributed by atoms with Gasteiger partial charge in [0.25, 0.3) is 0 Å². The molecule has 0 aromatic carbocycles. The van der Waals surface area contributed by atoms with Gasteiger partial charge in [0.15, 0.2) is 23.8 Å². The Kier molecular flexibility index (Phi) is 31.3. The predicted molar refractivity (Wildman–Crippen MR) is 419 cm³/mol. The quantitative estimate of drug-likeness (QED) is 0.0229. The molecule has 4 spiro atoms. The molecule has 115 heavy (non-hydrogen) atoms. The third-order valence-electron chi connectivity index (χ3n) is 28.6. The van der Waals surface area contributed by atoms with Crippen LogP contribution in [-0.4, -0.2) is 249 Å². The standard InChI is InChI=1S/C86H141N3O26/c1-17-54(77(94)95)58-25-23-27-64(105-58)69(87)73(92)50(11)71(90)56(19-3)75-46(7)43-48(9)83(112-75)40-33-66(108-79(98)89(14)15)85(114-83)38-32-63(111-85)61-30-37-82(101,22-6)68(107-61)45-53(102-16)35-42-103-80(99)109-67-34-41-84(115-86(67)39-31-62(110-86)60-29-36-81(100,21-5)52(13)104-60)49(10)44-47(8)76(113-84)57(20-4)72(91)51(12)74(93)70(88)65-28-24-26-59(106-65)55(18-2)78(96)97/h33-34,40-41,46-70,73-76,92-93,100-101H,17-32,35-39,42-45,87-88H2,1-16H3,(H,94,95)(H,96,97). The van der Waals surface area contributed by atoms with Crippen molar-refractivity contribution in [2.45, 2.75) is 394 Å². The minimum Gasteiger partial charge on any atom is -0.481 e. The zero-order chi connectivity index (χ0) is 84.2. The van der Waals surface area contributed by atoms with Gasteiger partial charge >= 0.3 is 24.2 Å². The van der Waals surface area contributed by atoms with Gasteiger partial charge in [-0.15, -0.1) is 0 Å². The third-order valence-corrected chi connectivity index (χ3v) is 28.6. The van der Waals surface area contributed by atoms with Crippen LogP contribution in [0.25, 0.3) is 0 Å². The molecule has 29 heteroatoms. The number of aliphatic hydroxyl groups is 4. The van der Waals surface area contributed by atoms with Crippen molar-refractivity contribution in [2.75, 3.05) is 27.8 Å². The lowest BCUT2D eigenvalue weighted by molar-refractivity contribution is -0.401. The summed E-state index contributed by atoms with van der Waals surface area (Å²) >= 11 is 0. The molecule has 10 aliphatic heterocycles. The number of aliphatic carboxylic acids is 2. The Balaban J connectivity index is 0.805. The van der Waals surface area contributed by atoms with Crippen molar-refractivity contribution in [2.24, 2.45) is 70.6 Å². The normalized spacial score (nSPS) is 41.1. The highest BCUT2D eigenvalue weighted by Crippen LogP contribution is 2.55. The second-order valence-corrected chi connectivity index (χ2v) is 36.0. The van der Waals surface area contributed by atoms with E-state index in [1.165, 1.54) is 12.0 Å². The Hall–Kier alpha value is -4.38. The minimum absolute atomic E-state index is 0.155. The second kappa shape index (κ2) is 38.8. The summed E-state index contributed by atoms with van der Waals surface area (Å²) in [6.07, 6.45) is 2.68. The molecule has 0 radical (unpaired) electrons. The van der Waals surface area contributed by atoms with Gasteiger partial charge in [0.1, 0.15) is 11.6 Å². The molecule has 8 saturated heterocycles. The maximum Gasteiger partial charge on any atom is 0.509 e. The van der Waals surface area contributed by atoms with Gasteiger partial charge in [-0.05, 0) is 171 Å². The summed E-state index contributed by atoms with van der Waals surface area (Å²) in [7, 11) is 4.69. The molecular formula is C86H141N3O26. The Morgan fingerprint density at radius 3 is 1.37 bits per heavy atom. The van der Waals surface area contributed by atoms with Crippen LogP contribution in [0, 0.1) is 59.2 Å². The molecule has 35 unspecified atom stereocenters. The summed E-state index contributed by atoms with van der Waals surface area (Å²) in [5.74, 6) is -14.3. The zero-order valence-electron chi connectivity index (χ0n) is 71.2. The lowest BCUT2D eigenvalue weighted by Gasteiger charge is -2.54. The number of aliphatic hydroxyl groups excluding tert-OH is 2. The van der Waals surface area contributed by atoms with E-state index in [0.29, 0.717) is 128 Å². The summed E-state index contributed by atoms with van der Waals surface area (Å²) in [5, 5.41) is 67.4. The van der Waals surface area contributed by atoms with E-state index in [2.05, 4.69) is 0 Å². The van der Waals surface area contributed by atoms with Crippen LogP contribution in [0.2, 0.25) is 0 Å². The summed E-state index contributed by atoms with van der Waals surface area (Å²) < 4.78 is 93.6. The maximum atomic E-state index is 14.9. The van der Waals surface area contributed by atoms with Crippen LogP contribution in [-0.2, 0) is 85.5 Å². The number of nitrogens with two attached hydrogens (primary N) is 2. The largest absolute Gasteiger partial charge is 0.509 e. The van der Waals surface area contributed by atoms with E-state index >= 15 is 0 Å². The molecule has 10 heterocycles. The first-order valence-electron chi connectivity index (χ1n) is 43.6. The van der Waals surface area contributed by atoms with Crippen molar-refractivity contribution in [3.8, 4) is 0 Å². The van der Waals surface area contributed by atoms with Gasteiger partial charge in [0, 0.05) is 82.4 Å². The molecule has 656 valence electrons. The van der Waals surface area contributed by atoms with Gasteiger partial charge in [-0.25, -0.2) is 9.59 Å². The van der Waals surface area contributed by atoms with Gasteiger partial charge in [-0.2, -0.15) is 0 Å². The van der Waals surface area contributed by atoms with Crippen molar-refractivity contribution in [3.05, 3.63) is 24.3 Å². The minimum atomic E-state index is -1.65. The average Bonchev–Trinajstić information content (AvgIpc) is 1.64. The molecule has 10 aliphatic rings. The van der Waals surface area contributed by atoms with Gasteiger partial charge < -0.3 is 113 Å². The first-order valence-corrected chi connectivity index (χ1v) is 43.6. The van der Waals surface area contributed by atoms with E-state index < -0.39 is 210 Å². The zero-order valence-corrected chi connectivity index (χ0v) is 71.2. The molecule has 1 amide bonds. The van der Waals surface area contributed by atoms with Gasteiger partial charge in [-0.1, -0.05) is 83.1 Å². The van der Waals surface area contributed by atoms with Crippen molar-refractivity contribution in [1.82, 2.24) is 4.90 Å². The highest BCUT2D eigenvalue weighted by atomic mass is 16.8. The molecule has 0 aromatic rings. The smallest absolute Gasteiger partial charge is 0.481 e. The number of carboxylic acids is 2. The highest BCUT2D eigenvalue weighted by molar-refractivity contribution is 5.85. The predicted octanol–water partition coefficient (Wildman–Crippen LogP) is 10.1. The van der Waals surface area contributed by atoms with Crippen LogP contribution in [0.1, 0.15) is 244 Å². The van der Waals surface area contributed by atoms with Gasteiger partial charge in [0.2, 0.25) is 11.6 Å². The Morgan fingerprint density at radius 2 is 0.957 bits per heavy atom. The molecular weight excluding hydrogens is 1490 g/mol. The van der Waals surface area contributed by atoms with E-state index in [1.807, 2.05) is 62.3 Å². The fraction of sp³-hybridized carbons (Fsp3) is 0.884. The number of carbonyl (C=O) groups is 6. The summed E-state index contributed by atoms with van der Waals surface area (Å²) in [6, 6.07) is -1.93. The number of carbonyl (C=O) groups excluding carboxylic acids is 4. The number of hydrogen-bond donors (Lipinski definition) is 8. The highest BCUT2D eigenvalue weighted by Gasteiger charge is 2.65. The third kappa shape index (κ3) is 19.7. The second-order valence-electron chi connectivity index (χ2n) is 36.0. The van der Waals surface area contributed by atoms with Crippen molar-refractivity contribution >= 4 is 35.8 Å². The molecule has 0 saturated carbocycles. The van der Waals surface area contributed by atoms with E-state index in [1.54, 1.807) is 66.1 Å². The van der Waals surface area contributed by atoms with Crippen LogP contribution >= 0.6 is 0 Å².